The highest BCUT2D eigenvalue weighted by atomic mass is 16.3. The Morgan fingerprint density at radius 1 is 1.38 bits per heavy atom. The Balaban J connectivity index is 2.81. The molecular formula is C12H18N2O2. The van der Waals surface area contributed by atoms with Gasteiger partial charge in [-0.1, -0.05) is 12.1 Å². The predicted molar refractivity (Wildman–Crippen MR) is 64.6 cm³/mol. The maximum absolute atomic E-state index is 11.7. The lowest BCUT2D eigenvalue weighted by atomic mass is 10.1. The van der Waals surface area contributed by atoms with Crippen LogP contribution in [0.1, 0.15) is 24.2 Å². The van der Waals surface area contributed by atoms with Gasteiger partial charge in [0.1, 0.15) is 0 Å². The number of carbonyl (C=O) groups excluding carboxylic acids is 1. The maximum Gasteiger partial charge on any atom is 0.253 e. The van der Waals surface area contributed by atoms with Gasteiger partial charge in [0, 0.05) is 18.3 Å². The van der Waals surface area contributed by atoms with Gasteiger partial charge in [-0.05, 0) is 26.0 Å². The van der Waals surface area contributed by atoms with E-state index < -0.39 is 0 Å². The summed E-state index contributed by atoms with van der Waals surface area (Å²) in [6, 6.07) is 7.60. The van der Waals surface area contributed by atoms with E-state index >= 15 is 0 Å². The van der Waals surface area contributed by atoms with E-state index in [0.717, 1.165) is 5.69 Å². The van der Waals surface area contributed by atoms with Crippen molar-refractivity contribution in [3.63, 3.8) is 0 Å². The van der Waals surface area contributed by atoms with E-state index in [-0.39, 0.29) is 25.1 Å². The highest BCUT2D eigenvalue weighted by Gasteiger charge is 2.10. The first-order valence-corrected chi connectivity index (χ1v) is 5.39. The molecule has 0 aliphatic heterocycles. The van der Waals surface area contributed by atoms with Gasteiger partial charge in [-0.3, -0.25) is 4.79 Å². The molecule has 0 aliphatic rings. The van der Waals surface area contributed by atoms with Crippen molar-refractivity contribution in [2.45, 2.75) is 19.9 Å². The molecule has 1 aromatic rings. The van der Waals surface area contributed by atoms with Gasteiger partial charge in [0.25, 0.3) is 5.91 Å². The van der Waals surface area contributed by atoms with Crippen LogP contribution in [0.15, 0.2) is 24.3 Å². The van der Waals surface area contributed by atoms with Crippen LogP contribution in [-0.2, 0) is 0 Å². The lowest BCUT2D eigenvalue weighted by Gasteiger charge is -2.14. The molecule has 0 saturated heterocycles. The van der Waals surface area contributed by atoms with Gasteiger partial charge in [0.2, 0.25) is 0 Å². The summed E-state index contributed by atoms with van der Waals surface area (Å²) in [6.45, 7) is 4.26. The minimum Gasteiger partial charge on any atom is -0.395 e. The first-order chi connectivity index (χ1) is 7.65. The molecule has 0 bridgehead atoms. The molecular weight excluding hydrogens is 204 g/mol. The van der Waals surface area contributed by atoms with Crippen LogP contribution in [0.3, 0.4) is 0 Å². The smallest absolute Gasteiger partial charge is 0.253 e. The summed E-state index contributed by atoms with van der Waals surface area (Å²) in [5, 5.41) is 14.5. The number of benzene rings is 1. The third kappa shape index (κ3) is 3.55. The zero-order chi connectivity index (χ0) is 12.0. The number of aliphatic hydroxyl groups is 1. The van der Waals surface area contributed by atoms with E-state index in [2.05, 4.69) is 10.6 Å². The minimum atomic E-state index is -0.169. The molecule has 0 fully saturated rings. The molecule has 0 heterocycles. The lowest BCUT2D eigenvalue weighted by Crippen LogP contribution is -2.27. The molecule has 0 saturated carbocycles. The number of para-hydroxylation sites is 1. The number of hydrogen-bond donors (Lipinski definition) is 3. The fourth-order valence-corrected chi connectivity index (χ4v) is 1.38. The van der Waals surface area contributed by atoms with Crippen LogP contribution in [0.25, 0.3) is 0 Å². The molecule has 0 unspecified atom stereocenters. The topological polar surface area (TPSA) is 61.4 Å². The number of anilines is 1. The first kappa shape index (κ1) is 12.5. The summed E-state index contributed by atoms with van der Waals surface area (Å²) in [7, 11) is 0. The third-order valence-corrected chi connectivity index (χ3v) is 2.01. The highest BCUT2D eigenvalue weighted by Crippen LogP contribution is 2.15. The van der Waals surface area contributed by atoms with Crippen molar-refractivity contribution in [2.75, 3.05) is 18.5 Å². The molecule has 88 valence electrons. The van der Waals surface area contributed by atoms with E-state index in [1.807, 2.05) is 32.0 Å². The monoisotopic (exact) mass is 222 g/mol. The number of nitrogens with one attached hydrogen (secondary N) is 2. The summed E-state index contributed by atoms with van der Waals surface area (Å²) in [6.07, 6.45) is 0. The van der Waals surface area contributed by atoms with Crippen molar-refractivity contribution >= 4 is 11.6 Å². The SMILES string of the molecule is CC(C)Nc1ccccc1C(=O)NCCO. The van der Waals surface area contributed by atoms with Gasteiger partial charge >= 0.3 is 0 Å². The van der Waals surface area contributed by atoms with Gasteiger partial charge in [-0.25, -0.2) is 0 Å². The number of hydrogen-bond acceptors (Lipinski definition) is 3. The molecule has 0 atom stereocenters. The van der Waals surface area contributed by atoms with Gasteiger partial charge in [-0.2, -0.15) is 0 Å². The zero-order valence-electron chi connectivity index (χ0n) is 9.66. The second kappa shape index (κ2) is 6.12. The third-order valence-electron chi connectivity index (χ3n) is 2.01. The second-order valence-electron chi connectivity index (χ2n) is 3.82. The normalized spacial score (nSPS) is 10.2. The molecule has 4 nitrogen and oxygen atoms in total. The Bertz CT molecular complexity index is 351. The molecule has 1 aromatic carbocycles. The van der Waals surface area contributed by atoms with Crippen molar-refractivity contribution < 1.29 is 9.90 Å². The van der Waals surface area contributed by atoms with Crippen LogP contribution >= 0.6 is 0 Å². The summed E-state index contributed by atoms with van der Waals surface area (Å²) in [4.78, 5) is 11.7. The average Bonchev–Trinajstić information content (AvgIpc) is 2.26. The van der Waals surface area contributed by atoms with Crippen LogP contribution in [0.4, 0.5) is 5.69 Å². The van der Waals surface area contributed by atoms with Crippen molar-refractivity contribution in [3.8, 4) is 0 Å². The van der Waals surface area contributed by atoms with E-state index in [1.54, 1.807) is 6.07 Å². The van der Waals surface area contributed by atoms with Crippen molar-refractivity contribution in [1.82, 2.24) is 5.32 Å². The second-order valence-corrected chi connectivity index (χ2v) is 3.82. The quantitative estimate of drug-likeness (QED) is 0.702. The van der Waals surface area contributed by atoms with Crippen molar-refractivity contribution in [1.29, 1.82) is 0 Å². The standard InChI is InChI=1S/C12H18N2O2/c1-9(2)14-11-6-4-3-5-10(11)12(16)13-7-8-15/h3-6,9,14-15H,7-8H2,1-2H3,(H,13,16). The average molecular weight is 222 g/mol. The van der Waals surface area contributed by atoms with Gasteiger partial charge < -0.3 is 15.7 Å². The van der Waals surface area contributed by atoms with Crippen LogP contribution in [0, 0.1) is 0 Å². The fraction of sp³-hybridized carbons (Fsp3) is 0.417. The predicted octanol–water partition coefficient (Wildman–Crippen LogP) is 1.23. The number of rotatable bonds is 5. The Hall–Kier alpha value is -1.55. The summed E-state index contributed by atoms with van der Waals surface area (Å²) in [5.74, 6) is -0.169. The van der Waals surface area contributed by atoms with Crippen molar-refractivity contribution in [2.24, 2.45) is 0 Å². The molecule has 16 heavy (non-hydrogen) atoms. The van der Waals surface area contributed by atoms with E-state index in [0.29, 0.717) is 5.56 Å². The largest absolute Gasteiger partial charge is 0.395 e. The lowest BCUT2D eigenvalue weighted by molar-refractivity contribution is 0.0945. The van der Waals surface area contributed by atoms with Gasteiger partial charge in [0.15, 0.2) is 0 Å². The Labute approximate surface area is 95.7 Å². The zero-order valence-corrected chi connectivity index (χ0v) is 9.66. The summed E-state index contributed by atoms with van der Waals surface area (Å²) < 4.78 is 0. The Morgan fingerprint density at radius 3 is 2.69 bits per heavy atom. The maximum atomic E-state index is 11.7. The van der Waals surface area contributed by atoms with E-state index in [1.165, 1.54) is 0 Å². The molecule has 3 N–H and O–H groups in total. The van der Waals surface area contributed by atoms with E-state index in [4.69, 9.17) is 5.11 Å². The van der Waals surface area contributed by atoms with Crippen LogP contribution in [-0.4, -0.2) is 30.2 Å². The van der Waals surface area contributed by atoms with Crippen molar-refractivity contribution in [3.05, 3.63) is 29.8 Å². The molecule has 0 aliphatic carbocycles. The fourth-order valence-electron chi connectivity index (χ4n) is 1.38. The minimum absolute atomic E-state index is 0.0501. The number of carbonyl (C=O) groups is 1. The van der Waals surface area contributed by atoms with Crippen LogP contribution in [0.2, 0.25) is 0 Å². The van der Waals surface area contributed by atoms with Crippen LogP contribution in [0.5, 0.6) is 0 Å². The summed E-state index contributed by atoms with van der Waals surface area (Å²) in [5.41, 5.74) is 1.41. The molecule has 1 rings (SSSR count). The van der Waals surface area contributed by atoms with E-state index in [9.17, 15) is 4.79 Å². The number of amides is 1. The first-order valence-electron chi connectivity index (χ1n) is 5.39. The summed E-state index contributed by atoms with van der Waals surface area (Å²) >= 11 is 0. The number of aliphatic hydroxyl groups excluding tert-OH is 1. The molecule has 0 radical (unpaired) electrons. The molecule has 0 aromatic heterocycles. The van der Waals surface area contributed by atoms with Gasteiger partial charge in [-0.15, -0.1) is 0 Å². The van der Waals surface area contributed by atoms with Crippen LogP contribution < -0.4 is 10.6 Å². The Morgan fingerprint density at radius 2 is 2.06 bits per heavy atom. The Kier molecular flexibility index (Phi) is 4.79. The molecule has 4 heteroatoms. The highest BCUT2D eigenvalue weighted by molar-refractivity contribution is 5.99. The molecule has 0 spiro atoms. The van der Waals surface area contributed by atoms with Gasteiger partial charge in [0.05, 0.1) is 12.2 Å². The molecule has 1 amide bonds.